The summed E-state index contributed by atoms with van der Waals surface area (Å²) in [4.78, 5) is 24.3. The van der Waals surface area contributed by atoms with Gasteiger partial charge in [-0.2, -0.15) is 8.78 Å². The van der Waals surface area contributed by atoms with Crippen LogP contribution in [0.1, 0.15) is 41.0 Å². The Kier molecular flexibility index (Phi) is 6.71. The molecule has 1 amide bonds. The lowest BCUT2D eigenvalue weighted by molar-refractivity contribution is 0.0159. The van der Waals surface area contributed by atoms with Crippen LogP contribution in [0.3, 0.4) is 0 Å². The Morgan fingerprint density at radius 1 is 0.974 bits per heavy atom. The fraction of sp³-hybridized carbons (Fsp3) is 0.207. The summed E-state index contributed by atoms with van der Waals surface area (Å²) in [6.45, 7) is 2.64. The number of nitrogens with zero attached hydrogens (tertiary/aromatic N) is 2. The van der Waals surface area contributed by atoms with E-state index >= 15 is 0 Å². The highest BCUT2D eigenvalue weighted by Gasteiger charge is 2.33. The average Bonchev–Trinajstić information content (AvgIpc) is 3.35. The van der Waals surface area contributed by atoms with Crippen molar-refractivity contribution in [1.29, 1.82) is 0 Å². The second-order valence-corrected chi connectivity index (χ2v) is 9.23. The van der Waals surface area contributed by atoms with Gasteiger partial charge >= 0.3 is 0 Å². The van der Waals surface area contributed by atoms with E-state index in [1.54, 1.807) is 42.6 Å². The van der Waals surface area contributed by atoms with Crippen molar-refractivity contribution in [3.05, 3.63) is 95.3 Å². The van der Waals surface area contributed by atoms with Gasteiger partial charge in [-0.15, -0.1) is 0 Å². The van der Waals surface area contributed by atoms with Crippen molar-refractivity contribution in [3.63, 3.8) is 0 Å². The lowest BCUT2D eigenvalue weighted by Gasteiger charge is -2.19. The molecule has 5 rings (SSSR count). The number of halogens is 4. The fourth-order valence-electron chi connectivity index (χ4n) is 4.30. The number of aromatic nitrogens is 3. The quantitative estimate of drug-likeness (QED) is 0.197. The van der Waals surface area contributed by atoms with Crippen LogP contribution in [-0.4, -0.2) is 27.4 Å². The zero-order valence-electron chi connectivity index (χ0n) is 21.1. The Bertz CT molecular complexity index is 1560. The average molecular weight is 537 g/mol. The monoisotopic (exact) mass is 536 g/mol. The molecule has 2 aromatic heterocycles. The van der Waals surface area contributed by atoms with Crippen molar-refractivity contribution in [3.8, 4) is 34.3 Å². The van der Waals surface area contributed by atoms with Crippen LogP contribution in [-0.2, 0) is 18.3 Å². The van der Waals surface area contributed by atoms with Crippen LogP contribution >= 0.6 is 0 Å². The number of carbonyl (C=O) groups excluding carboxylic acids is 1. The van der Waals surface area contributed by atoms with Crippen molar-refractivity contribution < 1.29 is 27.1 Å². The number of alkyl halides is 4. The van der Waals surface area contributed by atoms with Gasteiger partial charge < -0.3 is 15.0 Å². The van der Waals surface area contributed by atoms with E-state index in [1.807, 2.05) is 0 Å². The highest BCUT2D eigenvalue weighted by molar-refractivity contribution is 5.97. The van der Waals surface area contributed by atoms with Crippen LogP contribution < -0.4 is 10.1 Å². The maximum absolute atomic E-state index is 14.5. The number of aromatic amines is 1. The van der Waals surface area contributed by atoms with Crippen LogP contribution in [0.5, 0.6) is 11.5 Å². The van der Waals surface area contributed by atoms with Crippen molar-refractivity contribution in [2.24, 2.45) is 0 Å². The SMILES string of the molecule is C/C=C/C(F)(F)c1cc(Oc2ccc(-c3nccc(-c4cc5c([nH]4)CCNC5=O)n3)cc2)cc(C(C)(F)F)c1. The van der Waals surface area contributed by atoms with Crippen LogP contribution in [0.15, 0.2) is 72.9 Å². The number of hydrogen-bond donors (Lipinski definition) is 2. The molecule has 4 aromatic rings. The second kappa shape index (κ2) is 10.0. The molecule has 0 saturated heterocycles. The van der Waals surface area contributed by atoms with Gasteiger partial charge in [-0.25, -0.2) is 18.7 Å². The smallest absolute Gasteiger partial charge is 0.291 e. The number of allylic oxidation sites excluding steroid dienone is 2. The number of H-pyrrole nitrogens is 1. The first-order valence-electron chi connectivity index (χ1n) is 12.2. The van der Waals surface area contributed by atoms with Crippen molar-refractivity contribution in [2.75, 3.05) is 6.54 Å². The van der Waals surface area contributed by atoms with Crippen LogP contribution in [0.2, 0.25) is 0 Å². The molecule has 0 atom stereocenters. The van der Waals surface area contributed by atoms with Crippen LogP contribution in [0.4, 0.5) is 17.6 Å². The Morgan fingerprint density at radius 2 is 1.72 bits per heavy atom. The van der Waals surface area contributed by atoms with Crippen LogP contribution in [0.25, 0.3) is 22.8 Å². The van der Waals surface area contributed by atoms with Gasteiger partial charge in [0.25, 0.3) is 17.8 Å². The van der Waals surface area contributed by atoms with Gasteiger partial charge in [0.1, 0.15) is 11.5 Å². The van der Waals surface area contributed by atoms with Gasteiger partial charge in [-0.05, 0) is 67.6 Å². The molecule has 2 N–H and O–H groups in total. The number of benzene rings is 2. The van der Waals surface area contributed by atoms with Gasteiger partial charge in [0.2, 0.25) is 0 Å². The Morgan fingerprint density at radius 3 is 2.41 bits per heavy atom. The summed E-state index contributed by atoms with van der Waals surface area (Å²) in [6, 6.07) is 12.9. The van der Waals surface area contributed by atoms with Crippen molar-refractivity contribution >= 4 is 5.91 Å². The topological polar surface area (TPSA) is 79.9 Å². The molecule has 0 saturated carbocycles. The maximum atomic E-state index is 14.5. The van der Waals surface area contributed by atoms with E-state index in [0.717, 1.165) is 30.0 Å². The summed E-state index contributed by atoms with van der Waals surface area (Å²) in [5.41, 5.74) is 2.21. The summed E-state index contributed by atoms with van der Waals surface area (Å²) >= 11 is 0. The molecule has 1 aliphatic heterocycles. The molecule has 10 heteroatoms. The minimum absolute atomic E-state index is 0.130. The molecule has 1 aliphatic rings. The standard InChI is InChI=1S/C29H24F4N4O2/c1-3-10-29(32,33)19-13-18(28(2,30)31)14-21(15-19)39-20-6-4-17(5-7-20)26-34-11-9-24(37-26)25-16-22-23(36-25)8-12-35-27(22)38/h3-7,9-11,13-16,36H,8,12H2,1-2H3,(H,35,38)/b10-3+. The van der Waals surface area contributed by atoms with E-state index in [9.17, 15) is 22.4 Å². The molecule has 2 aromatic carbocycles. The van der Waals surface area contributed by atoms with E-state index in [2.05, 4.69) is 20.3 Å². The van der Waals surface area contributed by atoms with Crippen molar-refractivity contribution in [1.82, 2.24) is 20.3 Å². The minimum atomic E-state index is -3.44. The maximum Gasteiger partial charge on any atom is 0.291 e. The second-order valence-electron chi connectivity index (χ2n) is 9.23. The largest absolute Gasteiger partial charge is 0.457 e. The number of amides is 1. The van der Waals surface area contributed by atoms with Crippen molar-refractivity contribution in [2.45, 2.75) is 32.1 Å². The van der Waals surface area contributed by atoms with E-state index in [0.29, 0.717) is 54.3 Å². The molecular formula is C29H24F4N4O2. The highest BCUT2D eigenvalue weighted by Crippen LogP contribution is 2.38. The first-order chi connectivity index (χ1) is 18.5. The number of ether oxygens (including phenoxy) is 1. The predicted octanol–water partition coefficient (Wildman–Crippen LogP) is 7.00. The number of fused-ring (bicyclic) bond motifs is 1. The van der Waals surface area contributed by atoms with E-state index < -0.39 is 23.0 Å². The molecule has 0 fully saturated rings. The zero-order valence-corrected chi connectivity index (χ0v) is 21.1. The minimum Gasteiger partial charge on any atom is -0.457 e. The molecule has 0 aliphatic carbocycles. The summed E-state index contributed by atoms with van der Waals surface area (Å²) in [6.07, 6.45) is 4.11. The van der Waals surface area contributed by atoms with E-state index in [-0.39, 0.29) is 17.4 Å². The third-order valence-corrected chi connectivity index (χ3v) is 6.26. The zero-order chi connectivity index (χ0) is 27.8. The Hall–Kier alpha value is -4.47. The van der Waals surface area contributed by atoms with Gasteiger partial charge in [0.05, 0.1) is 17.0 Å². The molecular weight excluding hydrogens is 512 g/mol. The number of carbonyl (C=O) groups is 1. The summed E-state index contributed by atoms with van der Waals surface area (Å²) in [5.74, 6) is -6.38. The first kappa shape index (κ1) is 26.1. The molecule has 39 heavy (non-hydrogen) atoms. The summed E-state index contributed by atoms with van der Waals surface area (Å²) in [7, 11) is 0. The van der Waals surface area contributed by atoms with Gasteiger partial charge in [0, 0.05) is 48.5 Å². The normalized spacial score (nSPS) is 13.8. The summed E-state index contributed by atoms with van der Waals surface area (Å²) < 4.78 is 62.8. The predicted molar refractivity (Wildman–Crippen MR) is 138 cm³/mol. The Balaban J connectivity index is 1.40. The van der Waals surface area contributed by atoms with Gasteiger partial charge in [0.15, 0.2) is 5.82 Å². The highest BCUT2D eigenvalue weighted by atomic mass is 19.3. The molecule has 0 unspecified atom stereocenters. The molecule has 0 radical (unpaired) electrons. The molecule has 0 bridgehead atoms. The molecule has 6 nitrogen and oxygen atoms in total. The lowest BCUT2D eigenvalue weighted by atomic mass is 10.0. The lowest BCUT2D eigenvalue weighted by Crippen LogP contribution is -2.31. The van der Waals surface area contributed by atoms with Gasteiger partial charge in [-0.1, -0.05) is 6.08 Å². The third-order valence-electron chi connectivity index (χ3n) is 6.26. The molecule has 0 spiro atoms. The first-order valence-corrected chi connectivity index (χ1v) is 12.2. The Labute approximate surface area is 221 Å². The number of hydrogen-bond acceptors (Lipinski definition) is 4. The van der Waals surface area contributed by atoms with Gasteiger partial charge in [-0.3, -0.25) is 4.79 Å². The van der Waals surface area contributed by atoms with E-state index in [4.69, 9.17) is 4.74 Å². The number of nitrogens with one attached hydrogen (secondary N) is 2. The summed E-state index contributed by atoms with van der Waals surface area (Å²) in [5, 5.41) is 2.81. The molecule has 200 valence electrons. The third kappa shape index (κ3) is 5.55. The molecule has 3 heterocycles. The fourth-order valence-corrected chi connectivity index (χ4v) is 4.30. The van der Waals surface area contributed by atoms with Crippen LogP contribution in [0, 0.1) is 0 Å². The van der Waals surface area contributed by atoms with E-state index in [1.165, 1.54) is 6.92 Å². The number of rotatable bonds is 7.